The second kappa shape index (κ2) is 52.0. The highest BCUT2D eigenvalue weighted by Crippen LogP contribution is 2.37. The summed E-state index contributed by atoms with van der Waals surface area (Å²) in [7, 11) is 0. The number of ether oxygens (including phenoxy) is 20. The second-order valence-electron chi connectivity index (χ2n) is 29.2. The molecule has 0 aromatic heterocycles. The van der Waals surface area contributed by atoms with E-state index in [1.165, 1.54) is 13.8 Å². The van der Waals surface area contributed by atoms with Crippen molar-refractivity contribution < 1.29 is 217 Å². The Morgan fingerprint density at radius 2 is 0.427 bits per heavy atom. The second-order valence-corrected chi connectivity index (χ2v) is 29.2. The standard InChI is InChI=1S/2C17H24O9.2C15H20O9.C15H16O9/c2*1-10(18)4-2-6-14(21)25-11-8-23-17-12(9-24-16(11)17)26-15(22)7-3-5-13(19)20;3*1-8(16)2-4-12(19)23-9-6-21-15-10(7-22-14(9)15)24-13(20)5-3-11(17)18/h2*11-12,16-17H,2-9H2,1H3,(H,19,20);2*9-10,14-16H,1-7H2,(H,17,18);2-5,9-10,14-16H,1,6-7H2,(H,17,18)/t11-,12+,16+,17+;11-,12-,16-,17-;9-,10+,14+,15+;9-,10-,14-,15-;9-,10+,14+,15+/m01010/s1. The molecule has 10 fully saturated rings. The Hall–Kier alpha value is -10.9. The molecule has 0 aromatic rings. The Labute approximate surface area is 707 Å². The number of hydrogen-bond donors (Lipinski definition) is 8. The normalized spacial score (nSPS) is 27.8. The molecule has 10 rings (SSSR count). The first-order valence-corrected chi connectivity index (χ1v) is 39.5. The third-order valence-electron chi connectivity index (χ3n) is 19.1. The molecule has 124 heavy (non-hydrogen) atoms. The molecule has 0 radical (unpaired) electrons. The zero-order valence-electron chi connectivity index (χ0n) is 67.9. The fraction of sp³-hybridized carbons (Fsp3) is 0.658. The maximum Gasteiger partial charge on any atom is 0.331 e. The van der Waals surface area contributed by atoms with Gasteiger partial charge in [-0.05, 0) is 45.6 Å². The van der Waals surface area contributed by atoms with Crippen molar-refractivity contribution in [2.24, 2.45) is 0 Å². The Balaban J connectivity index is 0.000000240. The molecule has 20 atom stereocenters. The van der Waals surface area contributed by atoms with E-state index < -0.39 is 212 Å². The molecule has 10 heterocycles. The molecule has 10 aliphatic rings. The van der Waals surface area contributed by atoms with Crippen LogP contribution in [-0.4, -0.2) is 330 Å². The monoisotopic (exact) mass is 1770 g/mol. The van der Waals surface area contributed by atoms with E-state index in [-0.39, 0.29) is 198 Å². The summed E-state index contributed by atoms with van der Waals surface area (Å²) in [5.41, 5.74) is 0. The molecule has 8 N–H and O–H groups in total. The van der Waals surface area contributed by atoms with Crippen molar-refractivity contribution >= 4 is 101 Å². The summed E-state index contributed by atoms with van der Waals surface area (Å²) < 4.78 is 107. The summed E-state index contributed by atoms with van der Waals surface area (Å²) in [6, 6.07) is 0. The summed E-state index contributed by atoms with van der Waals surface area (Å²) in [6.07, 6.45) is -6.90. The first-order valence-electron chi connectivity index (χ1n) is 39.5. The minimum atomic E-state index is -1.27. The quantitative estimate of drug-likeness (QED) is 0.0142. The molecular formula is C79H104O45. The van der Waals surface area contributed by atoms with Crippen LogP contribution in [-0.2, 0) is 176 Å². The highest BCUT2D eigenvalue weighted by Gasteiger charge is 2.56. The van der Waals surface area contributed by atoms with Gasteiger partial charge >= 0.3 is 89.5 Å². The Bertz CT molecular complexity index is 3400. The SMILES string of the molecule is C=C(O)C=CC(=O)O[C@H]1CO[C@H]2[C@@H]1OC[C@H]2OC(=O)C=CC(=O)O.C=C(O)CCC(=O)O[C@@H]1CO[C@H]2[C@@H]1OC[C@H]2OC(=O)CCC(=O)O.C=C(O)CCC(=O)O[C@H]1CO[C@H]2[C@@H]1OC[C@H]2OC(=O)CCC(=O)O.CC(=O)CCCC(=O)O[C@@H]1CO[C@H]2[C@@H]1OC[C@H]2OC(=O)CCCC(=O)O.CC(=O)CCCC(=O)O[C@H]1CO[C@H]2[C@@H]1OC[C@H]2OC(=O)CCCC(=O)O. The highest BCUT2D eigenvalue weighted by atomic mass is 16.7. The van der Waals surface area contributed by atoms with Crippen LogP contribution in [0.15, 0.2) is 61.3 Å². The number of aliphatic hydroxyl groups is 3. The first kappa shape index (κ1) is 102. The van der Waals surface area contributed by atoms with Gasteiger partial charge < -0.3 is 145 Å². The van der Waals surface area contributed by atoms with Crippen LogP contribution in [0.4, 0.5) is 0 Å². The molecule has 0 unspecified atom stereocenters. The van der Waals surface area contributed by atoms with Crippen LogP contribution in [0.1, 0.15) is 142 Å². The number of Topliss-reactive ketones (excluding diaryl/α,β-unsaturated/α-hetero) is 2. The lowest BCUT2D eigenvalue weighted by Gasteiger charge is -2.17. The molecule has 690 valence electrons. The third-order valence-corrected chi connectivity index (χ3v) is 19.1. The van der Waals surface area contributed by atoms with Gasteiger partial charge in [0, 0.05) is 82.4 Å². The zero-order chi connectivity index (χ0) is 91.3. The molecule has 10 saturated heterocycles. The number of carbonyl (C=O) groups excluding carboxylic acids is 12. The van der Waals surface area contributed by atoms with Crippen LogP contribution < -0.4 is 0 Å². The molecule has 0 aliphatic carbocycles. The van der Waals surface area contributed by atoms with E-state index in [0.29, 0.717) is 31.8 Å². The lowest BCUT2D eigenvalue weighted by Crippen LogP contribution is -2.36. The highest BCUT2D eigenvalue weighted by molar-refractivity contribution is 5.91. The number of hydrogen-bond acceptors (Lipinski definition) is 40. The number of aliphatic carboxylic acids is 5. The van der Waals surface area contributed by atoms with Gasteiger partial charge in [-0.15, -0.1) is 0 Å². The van der Waals surface area contributed by atoms with E-state index in [2.05, 4.69) is 19.7 Å². The third kappa shape index (κ3) is 36.1. The van der Waals surface area contributed by atoms with Gasteiger partial charge in [0.2, 0.25) is 0 Å². The van der Waals surface area contributed by atoms with Crippen LogP contribution in [0.2, 0.25) is 0 Å². The van der Waals surface area contributed by atoms with E-state index in [1.54, 1.807) is 0 Å². The molecule has 45 nitrogen and oxygen atoms in total. The smallest absolute Gasteiger partial charge is 0.331 e. The fourth-order valence-electron chi connectivity index (χ4n) is 13.3. The minimum absolute atomic E-state index is 0.00315. The van der Waals surface area contributed by atoms with Gasteiger partial charge in [-0.3, -0.25) is 57.5 Å². The number of rotatable bonds is 42. The number of carboxylic acid groups (broad SMARTS) is 5. The largest absolute Gasteiger partial charge is 0.513 e. The summed E-state index contributed by atoms with van der Waals surface area (Å²) in [4.78, 5) is 191. The predicted molar refractivity (Wildman–Crippen MR) is 402 cm³/mol. The molecule has 10 aliphatic heterocycles. The summed E-state index contributed by atoms with van der Waals surface area (Å²) in [5.74, 6) is -11.5. The van der Waals surface area contributed by atoms with Crippen molar-refractivity contribution in [3.63, 3.8) is 0 Å². The summed E-state index contributed by atoms with van der Waals surface area (Å²) in [5, 5.41) is 69.5. The van der Waals surface area contributed by atoms with Gasteiger partial charge in [-0.2, -0.15) is 0 Å². The van der Waals surface area contributed by atoms with E-state index in [1.807, 2.05) is 0 Å². The summed E-state index contributed by atoms with van der Waals surface area (Å²) >= 11 is 0. The van der Waals surface area contributed by atoms with E-state index in [0.717, 1.165) is 18.2 Å². The first-order chi connectivity index (χ1) is 58.8. The lowest BCUT2D eigenvalue weighted by molar-refractivity contribution is -0.157. The number of allylic oxidation sites excluding steroid dienone is 3. The number of esters is 10. The van der Waals surface area contributed by atoms with Crippen molar-refractivity contribution in [1.29, 1.82) is 0 Å². The molecule has 45 heteroatoms. The molecule has 0 aromatic carbocycles. The maximum atomic E-state index is 11.8. The Morgan fingerprint density at radius 3 is 0.613 bits per heavy atom. The Kier molecular flexibility index (Phi) is 42.7. The van der Waals surface area contributed by atoms with E-state index in [9.17, 15) is 81.5 Å². The van der Waals surface area contributed by atoms with E-state index >= 15 is 0 Å². The predicted octanol–water partition coefficient (Wildman–Crippen LogP) is 1.77. The van der Waals surface area contributed by atoms with Gasteiger partial charge in [0.05, 0.1) is 116 Å². The van der Waals surface area contributed by atoms with Crippen molar-refractivity contribution in [3.05, 3.63) is 61.3 Å². The van der Waals surface area contributed by atoms with Crippen LogP contribution in [0.25, 0.3) is 0 Å². The topological polar surface area (TPSA) is 637 Å². The van der Waals surface area contributed by atoms with Crippen LogP contribution >= 0.6 is 0 Å². The molecule has 0 spiro atoms. The molecule has 0 amide bonds. The molecular weight excluding hydrogens is 1670 g/mol. The van der Waals surface area contributed by atoms with E-state index in [4.69, 9.17) is 136 Å². The molecule has 0 bridgehead atoms. The fourth-order valence-corrected chi connectivity index (χ4v) is 13.3. The zero-order valence-corrected chi connectivity index (χ0v) is 67.9. The van der Waals surface area contributed by atoms with Crippen LogP contribution in [0.5, 0.6) is 0 Å². The van der Waals surface area contributed by atoms with Crippen molar-refractivity contribution in [1.82, 2.24) is 0 Å². The van der Waals surface area contributed by atoms with Crippen molar-refractivity contribution in [2.75, 3.05) is 66.1 Å². The average Bonchev–Trinajstić information content (AvgIpc) is 1.68. The van der Waals surface area contributed by atoms with Crippen molar-refractivity contribution in [3.8, 4) is 0 Å². The lowest BCUT2D eigenvalue weighted by atomic mass is 10.1. The van der Waals surface area contributed by atoms with Gasteiger partial charge in [0.25, 0.3) is 0 Å². The molecule has 0 saturated carbocycles. The van der Waals surface area contributed by atoms with Crippen molar-refractivity contribution in [2.45, 2.75) is 264 Å². The number of ketones is 2. The van der Waals surface area contributed by atoms with Gasteiger partial charge in [0.1, 0.15) is 78.4 Å². The van der Waals surface area contributed by atoms with Gasteiger partial charge in [-0.25, -0.2) is 14.4 Å². The van der Waals surface area contributed by atoms with Crippen LogP contribution in [0.3, 0.4) is 0 Å². The summed E-state index contributed by atoms with van der Waals surface area (Å²) in [6.45, 7) is 13.8. The minimum Gasteiger partial charge on any atom is -0.513 e. The maximum absolute atomic E-state index is 11.8. The Morgan fingerprint density at radius 1 is 0.242 bits per heavy atom. The van der Waals surface area contributed by atoms with Gasteiger partial charge in [-0.1, -0.05) is 19.7 Å². The number of carboxylic acids is 5. The average molecular weight is 1770 g/mol. The number of carbonyl (C=O) groups is 17. The number of fused-ring (bicyclic) bond motifs is 5. The van der Waals surface area contributed by atoms with Gasteiger partial charge in [0.15, 0.2) is 61.0 Å². The van der Waals surface area contributed by atoms with Crippen LogP contribution in [0, 0.1) is 0 Å². The number of aliphatic hydroxyl groups excluding tert-OH is 3.